The van der Waals surface area contributed by atoms with Gasteiger partial charge in [0.2, 0.25) is 0 Å². The summed E-state index contributed by atoms with van der Waals surface area (Å²) in [5.41, 5.74) is 2.30. The van der Waals surface area contributed by atoms with Gasteiger partial charge in [-0.3, -0.25) is 4.90 Å². The van der Waals surface area contributed by atoms with Gasteiger partial charge in [0.1, 0.15) is 5.75 Å². The van der Waals surface area contributed by atoms with Crippen molar-refractivity contribution < 1.29 is 9.53 Å². The summed E-state index contributed by atoms with van der Waals surface area (Å²) in [4.78, 5) is 14.4. The molecule has 132 valence electrons. The van der Waals surface area contributed by atoms with E-state index in [2.05, 4.69) is 29.0 Å². The van der Waals surface area contributed by atoms with Crippen LogP contribution in [0, 0.1) is 0 Å². The molecule has 1 aliphatic heterocycles. The van der Waals surface area contributed by atoms with Gasteiger partial charge in [0.25, 0.3) is 0 Å². The average molecular weight is 331 g/mol. The summed E-state index contributed by atoms with van der Waals surface area (Å²) < 4.78 is 5.32. The summed E-state index contributed by atoms with van der Waals surface area (Å²) in [6.45, 7) is 9.59. The number of benzene rings is 1. The van der Waals surface area contributed by atoms with Gasteiger partial charge in [-0.2, -0.15) is 0 Å². The number of piperidine rings is 1. The molecule has 0 spiro atoms. The molecule has 0 unspecified atom stereocenters. The smallest absolute Gasteiger partial charge is 0.315 e. The minimum atomic E-state index is -0.0803. The molecule has 24 heavy (non-hydrogen) atoms. The molecule has 0 radical (unpaired) electrons. The normalized spacial score (nSPS) is 15.8. The maximum Gasteiger partial charge on any atom is 0.315 e. The van der Waals surface area contributed by atoms with E-state index in [4.69, 9.17) is 4.74 Å². The van der Waals surface area contributed by atoms with Crippen LogP contribution in [0.3, 0.4) is 0 Å². The molecular weight excluding hydrogens is 302 g/mol. The van der Waals surface area contributed by atoms with Crippen LogP contribution in [0.25, 0.3) is 0 Å². The molecule has 2 N–H and O–H groups in total. The molecule has 0 saturated carbocycles. The Morgan fingerprint density at radius 1 is 1.33 bits per heavy atom. The molecule has 1 saturated heterocycles. The average Bonchev–Trinajstić information content (AvgIpc) is 2.56. The van der Waals surface area contributed by atoms with Crippen molar-refractivity contribution in [2.24, 2.45) is 0 Å². The van der Waals surface area contributed by atoms with Crippen molar-refractivity contribution in [3.63, 3.8) is 0 Å². The lowest BCUT2D eigenvalue weighted by atomic mass is 10.0. The molecule has 1 heterocycles. The van der Waals surface area contributed by atoms with E-state index in [1.165, 1.54) is 5.57 Å². The van der Waals surface area contributed by atoms with Gasteiger partial charge in [-0.1, -0.05) is 30.4 Å². The maximum absolute atomic E-state index is 12.0. The van der Waals surface area contributed by atoms with Crippen LogP contribution in [-0.4, -0.2) is 50.3 Å². The zero-order chi connectivity index (χ0) is 17.4. The number of ether oxygens (including phenoxy) is 1. The molecule has 2 rings (SSSR count). The van der Waals surface area contributed by atoms with E-state index in [1.54, 1.807) is 7.11 Å². The van der Waals surface area contributed by atoms with Crippen molar-refractivity contribution in [1.82, 2.24) is 15.5 Å². The van der Waals surface area contributed by atoms with Crippen LogP contribution in [-0.2, 0) is 6.42 Å². The van der Waals surface area contributed by atoms with E-state index in [0.29, 0.717) is 6.54 Å². The summed E-state index contributed by atoms with van der Waals surface area (Å²) in [5.74, 6) is 0.865. The highest BCUT2D eigenvalue weighted by molar-refractivity contribution is 5.74. The molecule has 5 nitrogen and oxygen atoms in total. The van der Waals surface area contributed by atoms with Crippen molar-refractivity contribution >= 4 is 6.03 Å². The van der Waals surface area contributed by atoms with Crippen LogP contribution in [0.5, 0.6) is 5.75 Å². The molecular formula is C19H29N3O2. The second-order valence-corrected chi connectivity index (χ2v) is 6.47. The minimum Gasteiger partial charge on any atom is -0.496 e. The molecule has 0 aromatic heterocycles. The summed E-state index contributed by atoms with van der Waals surface area (Å²) in [7, 11) is 1.67. The van der Waals surface area contributed by atoms with Crippen molar-refractivity contribution in [2.45, 2.75) is 32.2 Å². The lowest BCUT2D eigenvalue weighted by Gasteiger charge is -2.32. The minimum absolute atomic E-state index is 0.0803. The fourth-order valence-electron chi connectivity index (χ4n) is 3.07. The molecule has 0 atom stereocenters. The highest BCUT2D eigenvalue weighted by Gasteiger charge is 2.20. The third-order valence-corrected chi connectivity index (χ3v) is 4.29. The number of carbonyl (C=O) groups excluding carboxylic acids is 1. The van der Waals surface area contributed by atoms with Crippen LogP contribution >= 0.6 is 0 Å². The standard InChI is InChI=1S/C19H29N3O2/c1-15(2)14-22-12-9-17(10-13-22)21-19(23)20-11-8-16-6-4-5-7-18(16)24-3/h4-7,17H,1,8-14H2,2-3H3,(H2,20,21,23). The molecule has 2 amide bonds. The number of para-hydroxylation sites is 1. The Bertz CT molecular complexity index is 551. The highest BCUT2D eigenvalue weighted by Crippen LogP contribution is 2.17. The van der Waals surface area contributed by atoms with Crippen LogP contribution in [0.1, 0.15) is 25.3 Å². The summed E-state index contributed by atoms with van der Waals surface area (Å²) in [6.07, 6.45) is 2.74. The van der Waals surface area contributed by atoms with E-state index < -0.39 is 0 Å². The molecule has 0 bridgehead atoms. The Morgan fingerprint density at radius 2 is 2.04 bits per heavy atom. The van der Waals surface area contributed by atoms with Crippen LogP contribution in [0.15, 0.2) is 36.4 Å². The second-order valence-electron chi connectivity index (χ2n) is 6.47. The third kappa shape index (κ3) is 5.89. The van der Waals surface area contributed by atoms with E-state index in [1.807, 2.05) is 24.3 Å². The number of rotatable bonds is 7. The van der Waals surface area contributed by atoms with Gasteiger partial charge in [-0.25, -0.2) is 4.79 Å². The van der Waals surface area contributed by atoms with E-state index in [9.17, 15) is 4.79 Å². The topological polar surface area (TPSA) is 53.6 Å². The Hall–Kier alpha value is -2.01. The second kappa shape index (κ2) is 9.33. The van der Waals surface area contributed by atoms with Gasteiger partial charge in [0.05, 0.1) is 7.11 Å². The molecule has 1 aromatic rings. The van der Waals surface area contributed by atoms with Gasteiger partial charge < -0.3 is 15.4 Å². The van der Waals surface area contributed by atoms with Crippen molar-refractivity contribution in [2.75, 3.05) is 33.3 Å². The third-order valence-electron chi connectivity index (χ3n) is 4.29. The number of urea groups is 1. The number of nitrogens with zero attached hydrogens (tertiary/aromatic N) is 1. The van der Waals surface area contributed by atoms with Gasteiger partial charge in [-0.15, -0.1) is 0 Å². The summed E-state index contributed by atoms with van der Waals surface area (Å²) in [6, 6.07) is 8.07. The number of carbonyl (C=O) groups is 1. The quantitative estimate of drug-likeness (QED) is 0.755. The van der Waals surface area contributed by atoms with Gasteiger partial charge >= 0.3 is 6.03 Å². The number of likely N-dealkylation sites (tertiary alicyclic amines) is 1. The van der Waals surface area contributed by atoms with Crippen LogP contribution in [0.2, 0.25) is 0 Å². The SMILES string of the molecule is C=C(C)CN1CCC(NC(=O)NCCc2ccccc2OC)CC1. The van der Waals surface area contributed by atoms with Crippen molar-refractivity contribution in [3.05, 3.63) is 42.0 Å². The molecule has 1 aromatic carbocycles. The zero-order valence-corrected chi connectivity index (χ0v) is 14.8. The van der Waals surface area contributed by atoms with E-state index >= 15 is 0 Å². The van der Waals surface area contributed by atoms with Crippen molar-refractivity contribution in [3.8, 4) is 5.75 Å². The highest BCUT2D eigenvalue weighted by atomic mass is 16.5. The number of hydrogen-bond acceptors (Lipinski definition) is 3. The molecule has 1 fully saturated rings. The Balaban J connectivity index is 1.66. The fraction of sp³-hybridized carbons (Fsp3) is 0.526. The van der Waals surface area contributed by atoms with E-state index in [0.717, 1.165) is 50.2 Å². The Kier molecular flexibility index (Phi) is 7.12. The van der Waals surface area contributed by atoms with Crippen LogP contribution in [0.4, 0.5) is 4.79 Å². The fourth-order valence-corrected chi connectivity index (χ4v) is 3.07. The summed E-state index contributed by atoms with van der Waals surface area (Å²) >= 11 is 0. The molecule has 0 aliphatic carbocycles. The van der Waals surface area contributed by atoms with E-state index in [-0.39, 0.29) is 12.1 Å². The first-order valence-corrected chi connectivity index (χ1v) is 8.61. The van der Waals surface area contributed by atoms with Gasteiger partial charge in [0.15, 0.2) is 0 Å². The first kappa shape index (κ1) is 18.3. The predicted molar refractivity (Wildman–Crippen MR) is 97.5 cm³/mol. The molecule has 5 heteroatoms. The zero-order valence-electron chi connectivity index (χ0n) is 14.8. The first-order valence-electron chi connectivity index (χ1n) is 8.61. The van der Waals surface area contributed by atoms with Crippen molar-refractivity contribution in [1.29, 1.82) is 0 Å². The van der Waals surface area contributed by atoms with Gasteiger partial charge in [-0.05, 0) is 37.8 Å². The first-order chi connectivity index (χ1) is 11.6. The lowest BCUT2D eigenvalue weighted by Crippen LogP contribution is -2.48. The monoisotopic (exact) mass is 331 g/mol. The predicted octanol–water partition coefficient (Wildman–Crippen LogP) is 2.58. The Morgan fingerprint density at radius 3 is 2.71 bits per heavy atom. The number of amides is 2. The largest absolute Gasteiger partial charge is 0.496 e. The van der Waals surface area contributed by atoms with Gasteiger partial charge in [0, 0.05) is 32.2 Å². The lowest BCUT2D eigenvalue weighted by molar-refractivity contribution is 0.202. The number of nitrogens with one attached hydrogen (secondary N) is 2. The molecule has 1 aliphatic rings. The number of methoxy groups -OCH3 is 1. The summed E-state index contributed by atoms with van der Waals surface area (Å²) in [5, 5.41) is 6.02. The van der Waals surface area contributed by atoms with Crippen LogP contribution < -0.4 is 15.4 Å². The number of hydrogen-bond donors (Lipinski definition) is 2. The Labute approximate surface area is 145 Å². The maximum atomic E-state index is 12.0.